The molecule has 1 fully saturated rings. The van der Waals surface area contributed by atoms with E-state index < -0.39 is 0 Å². The summed E-state index contributed by atoms with van der Waals surface area (Å²) in [5.41, 5.74) is 0.388. The minimum absolute atomic E-state index is 0.388. The van der Waals surface area contributed by atoms with Gasteiger partial charge < -0.3 is 5.32 Å². The molecule has 1 aliphatic heterocycles. The van der Waals surface area contributed by atoms with Gasteiger partial charge in [-0.05, 0) is 26.2 Å². The molecular formula is C14H30N2. The van der Waals surface area contributed by atoms with Crippen LogP contribution in [0.25, 0.3) is 0 Å². The summed E-state index contributed by atoms with van der Waals surface area (Å²) < 4.78 is 0. The van der Waals surface area contributed by atoms with Crippen LogP contribution in [0, 0.1) is 0 Å². The summed E-state index contributed by atoms with van der Waals surface area (Å²) in [5, 5.41) is 3.73. The molecule has 2 heteroatoms. The summed E-state index contributed by atoms with van der Waals surface area (Å²) >= 11 is 0. The Bertz CT molecular complexity index is 187. The molecule has 16 heavy (non-hydrogen) atoms. The first-order valence-corrected chi connectivity index (χ1v) is 7.16. The molecule has 1 heterocycles. The van der Waals surface area contributed by atoms with Crippen molar-refractivity contribution in [2.45, 2.75) is 71.4 Å². The van der Waals surface area contributed by atoms with Crippen molar-refractivity contribution in [2.75, 3.05) is 19.6 Å². The normalized spacial score (nSPS) is 23.2. The van der Waals surface area contributed by atoms with Gasteiger partial charge in [0.05, 0.1) is 0 Å². The second-order valence-corrected chi connectivity index (χ2v) is 5.38. The van der Waals surface area contributed by atoms with E-state index in [1.165, 1.54) is 45.2 Å². The highest BCUT2D eigenvalue weighted by atomic mass is 15.2. The molecule has 2 nitrogen and oxygen atoms in total. The van der Waals surface area contributed by atoms with Gasteiger partial charge in [0.1, 0.15) is 0 Å². The van der Waals surface area contributed by atoms with Gasteiger partial charge in [-0.3, -0.25) is 4.90 Å². The van der Waals surface area contributed by atoms with Gasteiger partial charge in [0.2, 0.25) is 0 Å². The Morgan fingerprint density at radius 2 is 1.94 bits per heavy atom. The first-order chi connectivity index (χ1) is 7.67. The molecule has 0 aromatic rings. The van der Waals surface area contributed by atoms with E-state index in [1.807, 2.05) is 0 Å². The van der Waals surface area contributed by atoms with Gasteiger partial charge >= 0.3 is 0 Å². The van der Waals surface area contributed by atoms with E-state index in [4.69, 9.17) is 0 Å². The van der Waals surface area contributed by atoms with Gasteiger partial charge in [-0.1, -0.05) is 33.6 Å². The lowest BCUT2D eigenvalue weighted by molar-refractivity contribution is 0.0876. The second-order valence-electron chi connectivity index (χ2n) is 5.38. The molecule has 0 aromatic heterocycles. The van der Waals surface area contributed by atoms with Crippen molar-refractivity contribution < 1.29 is 0 Å². The fraction of sp³-hybridized carbons (Fsp3) is 1.00. The molecule has 1 atom stereocenters. The van der Waals surface area contributed by atoms with Crippen LogP contribution in [0.1, 0.15) is 59.8 Å². The number of unbranched alkanes of at least 4 members (excludes halogenated alkanes) is 1. The summed E-state index contributed by atoms with van der Waals surface area (Å²) in [6.07, 6.45) is 6.56. The molecule has 1 saturated heterocycles. The minimum atomic E-state index is 0.388. The monoisotopic (exact) mass is 226 g/mol. The van der Waals surface area contributed by atoms with Gasteiger partial charge in [-0.15, -0.1) is 0 Å². The van der Waals surface area contributed by atoms with E-state index in [9.17, 15) is 0 Å². The maximum absolute atomic E-state index is 3.73. The largest absolute Gasteiger partial charge is 0.309 e. The number of hydrogen-bond donors (Lipinski definition) is 1. The first kappa shape index (κ1) is 14.0. The van der Waals surface area contributed by atoms with Gasteiger partial charge in [-0.2, -0.15) is 0 Å². The molecule has 1 unspecified atom stereocenters. The van der Waals surface area contributed by atoms with Crippen molar-refractivity contribution in [3.05, 3.63) is 0 Å². The maximum atomic E-state index is 3.73. The molecule has 0 bridgehead atoms. The van der Waals surface area contributed by atoms with Crippen molar-refractivity contribution in [3.63, 3.8) is 0 Å². The Morgan fingerprint density at radius 3 is 2.50 bits per heavy atom. The molecular weight excluding hydrogens is 196 g/mol. The van der Waals surface area contributed by atoms with E-state index >= 15 is 0 Å². The molecule has 0 aromatic carbocycles. The van der Waals surface area contributed by atoms with Crippen LogP contribution in [-0.4, -0.2) is 36.1 Å². The predicted molar refractivity (Wildman–Crippen MR) is 71.9 cm³/mol. The van der Waals surface area contributed by atoms with E-state index in [0.29, 0.717) is 5.54 Å². The maximum Gasteiger partial charge on any atom is 0.0304 e. The molecule has 0 radical (unpaired) electrons. The highest BCUT2D eigenvalue weighted by molar-refractivity contribution is 4.93. The van der Waals surface area contributed by atoms with Crippen molar-refractivity contribution in [2.24, 2.45) is 0 Å². The minimum Gasteiger partial charge on any atom is -0.309 e. The number of nitrogens with one attached hydrogen (secondary N) is 1. The number of piperazine rings is 1. The zero-order valence-corrected chi connectivity index (χ0v) is 11.7. The number of rotatable bonds is 6. The Hall–Kier alpha value is -0.0800. The molecule has 0 saturated carbocycles. The van der Waals surface area contributed by atoms with Gasteiger partial charge in [-0.25, -0.2) is 0 Å². The van der Waals surface area contributed by atoms with Crippen LogP contribution < -0.4 is 5.32 Å². The molecule has 0 spiro atoms. The van der Waals surface area contributed by atoms with Crippen LogP contribution in [-0.2, 0) is 0 Å². The van der Waals surface area contributed by atoms with Crippen LogP contribution in [0.3, 0.4) is 0 Å². The van der Waals surface area contributed by atoms with Crippen molar-refractivity contribution in [1.82, 2.24) is 10.2 Å². The second kappa shape index (κ2) is 6.61. The highest BCUT2D eigenvalue weighted by Crippen LogP contribution is 2.22. The third kappa shape index (κ3) is 3.46. The van der Waals surface area contributed by atoms with E-state index in [0.717, 1.165) is 12.6 Å². The summed E-state index contributed by atoms with van der Waals surface area (Å²) in [4.78, 5) is 2.69. The Labute approximate surface area is 102 Å². The fourth-order valence-corrected chi connectivity index (χ4v) is 2.77. The van der Waals surface area contributed by atoms with E-state index in [1.54, 1.807) is 0 Å². The van der Waals surface area contributed by atoms with Crippen LogP contribution in [0.5, 0.6) is 0 Å². The summed E-state index contributed by atoms with van der Waals surface area (Å²) in [5.74, 6) is 0. The van der Waals surface area contributed by atoms with E-state index in [-0.39, 0.29) is 0 Å². The van der Waals surface area contributed by atoms with Gasteiger partial charge in [0.25, 0.3) is 0 Å². The molecule has 1 rings (SSSR count). The SMILES string of the molecule is CCCCC(C)N1CCNC(CC)(CC)C1. The van der Waals surface area contributed by atoms with Crippen LogP contribution in [0.2, 0.25) is 0 Å². The standard InChI is InChI=1S/C14H30N2/c1-5-8-9-13(4)16-11-10-15-14(6-2,7-3)12-16/h13,15H,5-12H2,1-4H3. The van der Waals surface area contributed by atoms with Crippen LogP contribution >= 0.6 is 0 Å². The number of nitrogens with zero attached hydrogens (tertiary/aromatic N) is 1. The Kier molecular flexibility index (Phi) is 5.77. The zero-order valence-electron chi connectivity index (χ0n) is 11.7. The zero-order chi connectivity index (χ0) is 12.0. The molecule has 0 amide bonds. The first-order valence-electron chi connectivity index (χ1n) is 7.16. The quantitative estimate of drug-likeness (QED) is 0.749. The van der Waals surface area contributed by atoms with Gasteiger partial charge in [0, 0.05) is 31.2 Å². The molecule has 1 aliphatic rings. The molecule has 96 valence electrons. The fourth-order valence-electron chi connectivity index (χ4n) is 2.77. The van der Waals surface area contributed by atoms with Crippen LogP contribution in [0.15, 0.2) is 0 Å². The summed E-state index contributed by atoms with van der Waals surface area (Å²) in [6, 6.07) is 0.763. The Morgan fingerprint density at radius 1 is 1.25 bits per heavy atom. The summed E-state index contributed by atoms with van der Waals surface area (Å²) in [7, 11) is 0. The van der Waals surface area contributed by atoms with Crippen LogP contribution in [0.4, 0.5) is 0 Å². The average Bonchev–Trinajstić information content (AvgIpc) is 2.35. The number of hydrogen-bond acceptors (Lipinski definition) is 2. The lowest BCUT2D eigenvalue weighted by Crippen LogP contribution is -2.61. The summed E-state index contributed by atoms with van der Waals surface area (Å²) in [6.45, 7) is 13.0. The topological polar surface area (TPSA) is 15.3 Å². The van der Waals surface area contributed by atoms with Crippen molar-refractivity contribution >= 4 is 0 Å². The average molecular weight is 226 g/mol. The Balaban J connectivity index is 2.48. The third-order valence-electron chi connectivity index (χ3n) is 4.36. The molecule has 0 aliphatic carbocycles. The van der Waals surface area contributed by atoms with E-state index in [2.05, 4.69) is 37.9 Å². The van der Waals surface area contributed by atoms with Gasteiger partial charge in [0.15, 0.2) is 0 Å². The highest BCUT2D eigenvalue weighted by Gasteiger charge is 2.33. The van der Waals surface area contributed by atoms with Crippen molar-refractivity contribution in [1.29, 1.82) is 0 Å². The lowest BCUT2D eigenvalue weighted by atomic mass is 9.89. The van der Waals surface area contributed by atoms with Crippen molar-refractivity contribution in [3.8, 4) is 0 Å². The smallest absolute Gasteiger partial charge is 0.0304 e. The lowest BCUT2D eigenvalue weighted by Gasteiger charge is -2.45. The molecule has 1 N–H and O–H groups in total. The predicted octanol–water partition coefficient (Wildman–Crippen LogP) is 3.03. The third-order valence-corrected chi connectivity index (χ3v) is 4.36.